The van der Waals surface area contributed by atoms with Crippen molar-refractivity contribution >= 4 is 11.0 Å². The molecule has 0 saturated heterocycles. The van der Waals surface area contributed by atoms with E-state index in [2.05, 4.69) is 49.9 Å². The zero-order chi connectivity index (χ0) is 21.8. The van der Waals surface area contributed by atoms with Gasteiger partial charge in [0, 0.05) is 42.9 Å². The van der Waals surface area contributed by atoms with Crippen LogP contribution >= 0.6 is 0 Å². The number of para-hydroxylation sites is 2. The third-order valence-corrected chi connectivity index (χ3v) is 6.02. The van der Waals surface area contributed by atoms with Gasteiger partial charge in [0.05, 0.1) is 16.7 Å². The van der Waals surface area contributed by atoms with Gasteiger partial charge in [-0.05, 0) is 44.5 Å². The van der Waals surface area contributed by atoms with Gasteiger partial charge in [0.25, 0.3) is 0 Å². The number of fused-ring (bicyclic) bond motifs is 1. The van der Waals surface area contributed by atoms with Crippen LogP contribution in [0.1, 0.15) is 41.4 Å². The van der Waals surface area contributed by atoms with Crippen LogP contribution in [0.2, 0.25) is 0 Å². The lowest BCUT2D eigenvalue weighted by atomic mass is 10.2. The molecule has 0 N–H and O–H groups in total. The Balaban J connectivity index is 1.38. The molecule has 0 unspecified atom stereocenters. The fourth-order valence-electron chi connectivity index (χ4n) is 4.43. The van der Waals surface area contributed by atoms with Crippen LogP contribution in [-0.4, -0.2) is 39.3 Å². The number of rotatable bonds is 4. The lowest BCUT2D eigenvalue weighted by Gasteiger charge is -2.08. The van der Waals surface area contributed by atoms with E-state index in [-0.39, 0.29) is 0 Å². The highest BCUT2D eigenvalue weighted by Crippen LogP contribution is 2.54. The summed E-state index contributed by atoms with van der Waals surface area (Å²) in [6.45, 7) is 3.81. The molecule has 0 spiro atoms. The molecule has 2 atom stereocenters. The number of benzene rings is 1. The Morgan fingerprint density at radius 1 is 0.906 bits per heavy atom. The highest BCUT2D eigenvalue weighted by molar-refractivity contribution is 5.76. The van der Waals surface area contributed by atoms with Gasteiger partial charge in [-0.25, -0.2) is 19.9 Å². The molecule has 0 bridgehead atoms. The molecule has 1 fully saturated rings. The Hall–Kier alpha value is -3.94. The molecule has 0 amide bonds. The summed E-state index contributed by atoms with van der Waals surface area (Å²) in [6.07, 6.45) is 4.56. The van der Waals surface area contributed by atoms with E-state index in [0.717, 1.165) is 52.0 Å². The zero-order valence-corrected chi connectivity index (χ0v) is 18.1. The molecular formula is C24H22N8. The lowest BCUT2D eigenvalue weighted by Crippen LogP contribution is -2.07. The Labute approximate surface area is 185 Å². The molecule has 1 saturated carbocycles. The van der Waals surface area contributed by atoms with Crippen molar-refractivity contribution in [2.24, 2.45) is 7.05 Å². The van der Waals surface area contributed by atoms with Crippen molar-refractivity contribution in [3.63, 3.8) is 0 Å². The first-order valence-electron chi connectivity index (χ1n) is 10.7. The molecule has 6 rings (SSSR count). The Morgan fingerprint density at radius 2 is 1.78 bits per heavy atom. The summed E-state index contributed by atoms with van der Waals surface area (Å²) < 4.78 is 3.99. The molecule has 1 aromatic carbocycles. The predicted octanol–water partition coefficient (Wildman–Crippen LogP) is 3.89. The Morgan fingerprint density at radius 3 is 2.59 bits per heavy atom. The van der Waals surface area contributed by atoms with E-state index in [9.17, 15) is 0 Å². The van der Waals surface area contributed by atoms with Gasteiger partial charge in [-0.15, -0.1) is 5.10 Å². The quantitative estimate of drug-likeness (QED) is 0.437. The molecule has 8 heteroatoms. The van der Waals surface area contributed by atoms with Gasteiger partial charge in [-0.3, -0.25) is 4.98 Å². The van der Waals surface area contributed by atoms with Crippen molar-refractivity contribution in [3.05, 3.63) is 78.0 Å². The fourth-order valence-corrected chi connectivity index (χ4v) is 4.43. The smallest absolute Gasteiger partial charge is 0.166 e. The van der Waals surface area contributed by atoms with Crippen LogP contribution in [0.25, 0.3) is 28.2 Å². The summed E-state index contributed by atoms with van der Waals surface area (Å²) in [7, 11) is 2.09. The summed E-state index contributed by atoms with van der Waals surface area (Å²) in [5, 5.41) is 4.61. The molecule has 4 heterocycles. The standard InChI is InChI=1S/C24H22N8/c1-14-26-20(17-11-18(17)24-29-19-8-4-5-9-21(19)31(24)3)12-22(27-14)32-23(28-15(2)30-32)16-7-6-10-25-13-16/h4-10,12-13,17-18H,11H2,1-3H3/t17-,18-/m0/s1. The maximum absolute atomic E-state index is 4.90. The average molecular weight is 422 g/mol. The van der Waals surface area contributed by atoms with Gasteiger partial charge >= 0.3 is 0 Å². The highest BCUT2D eigenvalue weighted by atomic mass is 15.4. The number of pyridine rings is 1. The fraction of sp³-hybridized carbons (Fsp3) is 0.250. The minimum absolute atomic E-state index is 0.317. The molecule has 0 radical (unpaired) electrons. The summed E-state index contributed by atoms with van der Waals surface area (Å²) in [5.74, 6) is 4.64. The maximum Gasteiger partial charge on any atom is 0.166 e. The first kappa shape index (κ1) is 18.8. The van der Waals surface area contributed by atoms with E-state index in [0.29, 0.717) is 17.7 Å². The van der Waals surface area contributed by atoms with Crippen LogP contribution in [-0.2, 0) is 7.05 Å². The first-order chi connectivity index (χ1) is 15.6. The molecule has 5 aromatic rings. The second kappa shape index (κ2) is 7.05. The largest absolute Gasteiger partial charge is 0.331 e. The van der Waals surface area contributed by atoms with Crippen LogP contribution in [0.15, 0.2) is 54.9 Å². The minimum atomic E-state index is 0.317. The number of aryl methyl sites for hydroxylation is 3. The molecule has 32 heavy (non-hydrogen) atoms. The second-order valence-electron chi connectivity index (χ2n) is 8.30. The van der Waals surface area contributed by atoms with E-state index in [4.69, 9.17) is 9.97 Å². The molecule has 4 aromatic heterocycles. The summed E-state index contributed by atoms with van der Waals surface area (Å²) in [4.78, 5) is 23.2. The SMILES string of the molecule is Cc1nc([C@H]2C[C@@H]2c2nc3ccccc3n2C)cc(-n2nc(C)nc2-c2cccnc2)n1. The predicted molar refractivity (Wildman–Crippen MR) is 120 cm³/mol. The zero-order valence-electron chi connectivity index (χ0n) is 18.1. The van der Waals surface area contributed by atoms with Crippen molar-refractivity contribution in [2.45, 2.75) is 32.1 Å². The van der Waals surface area contributed by atoms with Crippen molar-refractivity contribution in [2.75, 3.05) is 0 Å². The monoisotopic (exact) mass is 422 g/mol. The number of hydrogen-bond acceptors (Lipinski definition) is 6. The Kier molecular flexibility index (Phi) is 4.14. The highest BCUT2D eigenvalue weighted by Gasteiger charge is 2.44. The van der Waals surface area contributed by atoms with Gasteiger partial charge in [0.15, 0.2) is 11.6 Å². The van der Waals surface area contributed by atoms with Crippen molar-refractivity contribution in [1.29, 1.82) is 0 Å². The van der Waals surface area contributed by atoms with Crippen LogP contribution in [0.5, 0.6) is 0 Å². The molecule has 0 aliphatic heterocycles. The molecular weight excluding hydrogens is 400 g/mol. The topological polar surface area (TPSA) is 87.2 Å². The Bertz CT molecular complexity index is 1450. The van der Waals surface area contributed by atoms with E-state index in [1.807, 2.05) is 38.1 Å². The molecule has 1 aliphatic carbocycles. The summed E-state index contributed by atoms with van der Waals surface area (Å²) in [5.41, 5.74) is 4.12. The molecule has 158 valence electrons. The van der Waals surface area contributed by atoms with Crippen molar-refractivity contribution in [1.82, 2.24) is 39.3 Å². The van der Waals surface area contributed by atoms with Gasteiger partial charge in [-0.2, -0.15) is 4.68 Å². The first-order valence-corrected chi connectivity index (χ1v) is 10.7. The van der Waals surface area contributed by atoms with Gasteiger partial charge in [0.1, 0.15) is 17.5 Å². The van der Waals surface area contributed by atoms with E-state index in [1.165, 1.54) is 0 Å². The van der Waals surface area contributed by atoms with E-state index < -0.39 is 0 Å². The lowest BCUT2D eigenvalue weighted by molar-refractivity contribution is 0.781. The van der Waals surface area contributed by atoms with E-state index in [1.54, 1.807) is 17.1 Å². The van der Waals surface area contributed by atoms with Gasteiger partial charge in [-0.1, -0.05) is 12.1 Å². The van der Waals surface area contributed by atoms with E-state index >= 15 is 0 Å². The third kappa shape index (κ3) is 3.07. The minimum Gasteiger partial charge on any atom is -0.331 e. The maximum atomic E-state index is 4.90. The average Bonchev–Trinajstić information content (AvgIpc) is 3.40. The molecule has 1 aliphatic rings. The number of imidazole rings is 1. The van der Waals surface area contributed by atoms with Crippen LogP contribution in [0, 0.1) is 13.8 Å². The number of aromatic nitrogens is 8. The van der Waals surface area contributed by atoms with Crippen LogP contribution in [0.4, 0.5) is 0 Å². The number of hydrogen-bond donors (Lipinski definition) is 0. The second-order valence-corrected chi connectivity index (χ2v) is 8.30. The molecule has 8 nitrogen and oxygen atoms in total. The van der Waals surface area contributed by atoms with Gasteiger partial charge < -0.3 is 4.57 Å². The summed E-state index contributed by atoms with van der Waals surface area (Å²) >= 11 is 0. The van der Waals surface area contributed by atoms with Crippen LogP contribution in [0.3, 0.4) is 0 Å². The van der Waals surface area contributed by atoms with Gasteiger partial charge in [0.2, 0.25) is 0 Å². The third-order valence-electron chi connectivity index (χ3n) is 6.02. The van der Waals surface area contributed by atoms with Crippen LogP contribution < -0.4 is 0 Å². The van der Waals surface area contributed by atoms with Crippen molar-refractivity contribution in [3.8, 4) is 17.2 Å². The van der Waals surface area contributed by atoms with Crippen molar-refractivity contribution < 1.29 is 0 Å². The summed E-state index contributed by atoms with van der Waals surface area (Å²) in [6, 6.07) is 14.2. The normalized spacial score (nSPS) is 17.7. The number of nitrogens with zero attached hydrogens (tertiary/aromatic N) is 8.